The predicted molar refractivity (Wildman–Crippen MR) is 153 cm³/mol. The molecule has 0 aliphatic carbocycles. The van der Waals surface area contributed by atoms with Gasteiger partial charge in [0.25, 0.3) is 11.5 Å². The van der Waals surface area contributed by atoms with Crippen LogP contribution in [0.2, 0.25) is 0 Å². The molecule has 0 saturated carbocycles. The smallest absolute Gasteiger partial charge is 0.266 e. The highest BCUT2D eigenvalue weighted by atomic mass is 19.1. The van der Waals surface area contributed by atoms with E-state index in [2.05, 4.69) is 0 Å². The average molecular weight is 520 g/mol. The summed E-state index contributed by atoms with van der Waals surface area (Å²) in [5.41, 5.74) is 4.06. The van der Waals surface area contributed by atoms with Gasteiger partial charge in [0.2, 0.25) is 0 Å². The van der Waals surface area contributed by atoms with Gasteiger partial charge in [0, 0.05) is 6.54 Å². The lowest BCUT2D eigenvalue weighted by atomic mass is 10.1. The summed E-state index contributed by atoms with van der Waals surface area (Å²) in [5.74, 6) is -0.618. The first kappa shape index (κ1) is 26.0. The maximum atomic E-state index is 14.8. The topological polar surface area (TPSA) is 55.2 Å². The third-order valence-electron chi connectivity index (χ3n) is 7.09. The lowest BCUT2D eigenvalue weighted by Crippen LogP contribution is -2.39. The summed E-state index contributed by atoms with van der Waals surface area (Å²) >= 11 is 0. The number of para-hydroxylation sites is 1. The van der Waals surface area contributed by atoms with Crippen molar-refractivity contribution in [1.82, 2.24) is 14.5 Å². The van der Waals surface area contributed by atoms with Gasteiger partial charge in [-0.15, -0.1) is 0 Å². The molecule has 196 valence electrons. The highest BCUT2D eigenvalue weighted by Crippen LogP contribution is 2.27. The fourth-order valence-corrected chi connectivity index (χ4v) is 5.01. The molecule has 0 aliphatic heterocycles. The van der Waals surface area contributed by atoms with E-state index in [4.69, 9.17) is 4.98 Å². The molecular formula is C33H30FN3O2. The summed E-state index contributed by atoms with van der Waals surface area (Å²) in [5, 5.41) is 0.490. The van der Waals surface area contributed by atoms with Gasteiger partial charge in [-0.3, -0.25) is 14.2 Å². The molecule has 6 heteroatoms. The minimum absolute atomic E-state index is 0.0152. The number of hydrogen-bond acceptors (Lipinski definition) is 3. The van der Waals surface area contributed by atoms with Crippen LogP contribution in [0, 0.1) is 19.7 Å². The zero-order valence-electron chi connectivity index (χ0n) is 22.3. The summed E-state index contributed by atoms with van der Waals surface area (Å²) in [7, 11) is 0. The van der Waals surface area contributed by atoms with E-state index >= 15 is 0 Å². The van der Waals surface area contributed by atoms with Gasteiger partial charge in [-0.1, -0.05) is 72.3 Å². The van der Waals surface area contributed by atoms with E-state index in [1.165, 1.54) is 12.1 Å². The van der Waals surface area contributed by atoms with Crippen LogP contribution in [0.25, 0.3) is 16.6 Å². The fraction of sp³-hybridized carbons (Fsp3) is 0.182. The number of halogens is 1. The third-order valence-corrected chi connectivity index (χ3v) is 7.09. The number of hydrogen-bond donors (Lipinski definition) is 0. The van der Waals surface area contributed by atoms with Crippen LogP contribution in [0.3, 0.4) is 0 Å². The number of aromatic nitrogens is 2. The molecule has 1 atom stereocenters. The van der Waals surface area contributed by atoms with Crippen LogP contribution in [0.15, 0.2) is 102 Å². The molecule has 0 fully saturated rings. The van der Waals surface area contributed by atoms with Crippen molar-refractivity contribution in [3.8, 4) is 5.69 Å². The molecule has 1 unspecified atom stereocenters. The van der Waals surface area contributed by atoms with Gasteiger partial charge in [-0.2, -0.15) is 0 Å². The van der Waals surface area contributed by atoms with E-state index in [0.717, 1.165) is 16.7 Å². The van der Waals surface area contributed by atoms with E-state index in [-0.39, 0.29) is 11.1 Å². The Bertz CT molecular complexity index is 1710. The Morgan fingerprint density at radius 1 is 0.923 bits per heavy atom. The molecule has 0 saturated heterocycles. The molecule has 0 bridgehead atoms. The number of carbonyl (C=O) groups excluding carboxylic acids is 1. The summed E-state index contributed by atoms with van der Waals surface area (Å²) < 4.78 is 16.4. The number of carbonyl (C=O) groups is 1. The van der Waals surface area contributed by atoms with Crippen molar-refractivity contribution >= 4 is 16.8 Å². The first-order valence-corrected chi connectivity index (χ1v) is 13.0. The molecule has 4 aromatic carbocycles. The second-order valence-corrected chi connectivity index (χ2v) is 9.81. The standard InChI is InChI=1S/C33H30FN3O2/c1-22-17-18-30(23(2)21-22)37-31(35-29-16-10-8-14-27(29)33(37)39)24(3)36(20-19-25-11-5-4-6-12-25)32(38)26-13-7-9-15-28(26)34/h4-18,21,24H,19-20H2,1-3H3. The summed E-state index contributed by atoms with van der Waals surface area (Å²) in [6.07, 6.45) is 0.562. The second kappa shape index (κ2) is 11.0. The van der Waals surface area contributed by atoms with E-state index in [1.54, 1.807) is 33.7 Å². The van der Waals surface area contributed by atoms with E-state index in [9.17, 15) is 14.0 Å². The van der Waals surface area contributed by atoms with E-state index in [0.29, 0.717) is 35.4 Å². The minimum atomic E-state index is -0.640. The molecule has 5 nitrogen and oxygen atoms in total. The zero-order chi connectivity index (χ0) is 27.5. The number of aryl methyl sites for hydroxylation is 2. The molecule has 1 amide bonds. The van der Waals surface area contributed by atoms with Crippen molar-refractivity contribution in [2.24, 2.45) is 0 Å². The molecule has 5 rings (SSSR count). The van der Waals surface area contributed by atoms with Crippen molar-refractivity contribution in [1.29, 1.82) is 0 Å². The summed E-state index contributed by atoms with van der Waals surface area (Å²) in [6, 6.07) is 28.3. The van der Waals surface area contributed by atoms with Crippen LogP contribution < -0.4 is 5.56 Å². The molecular weight excluding hydrogens is 489 g/mol. The van der Waals surface area contributed by atoms with Crippen molar-refractivity contribution in [2.75, 3.05) is 6.54 Å². The Balaban J connectivity index is 1.68. The monoisotopic (exact) mass is 519 g/mol. The van der Waals surface area contributed by atoms with Gasteiger partial charge in [-0.25, -0.2) is 9.37 Å². The molecule has 1 heterocycles. The Labute approximate surface area is 227 Å². The third kappa shape index (κ3) is 5.23. The van der Waals surface area contributed by atoms with Crippen molar-refractivity contribution < 1.29 is 9.18 Å². The highest BCUT2D eigenvalue weighted by Gasteiger charge is 2.29. The molecule has 39 heavy (non-hydrogen) atoms. The number of benzene rings is 4. The Morgan fingerprint density at radius 2 is 1.62 bits per heavy atom. The first-order chi connectivity index (χ1) is 18.8. The Hall–Kier alpha value is -4.58. The average Bonchev–Trinajstić information content (AvgIpc) is 2.94. The van der Waals surface area contributed by atoms with Crippen LogP contribution in [0.1, 0.15) is 45.8 Å². The Morgan fingerprint density at radius 3 is 2.36 bits per heavy atom. The van der Waals surface area contributed by atoms with Gasteiger partial charge in [0.05, 0.1) is 28.2 Å². The van der Waals surface area contributed by atoms with Crippen LogP contribution in [0.5, 0.6) is 0 Å². The van der Waals surface area contributed by atoms with Crippen LogP contribution in [0.4, 0.5) is 4.39 Å². The molecule has 0 N–H and O–H groups in total. The number of fused-ring (bicyclic) bond motifs is 1. The van der Waals surface area contributed by atoms with Crippen LogP contribution in [-0.4, -0.2) is 26.9 Å². The van der Waals surface area contributed by atoms with Gasteiger partial charge in [-0.05, 0) is 68.7 Å². The molecule has 0 aliphatic rings. The molecule has 0 radical (unpaired) electrons. The molecule has 1 aromatic heterocycles. The molecule has 0 spiro atoms. The Kier molecular flexibility index (Phi) is 7.37. The van der Waals surface area contributed by atoms with Gasteiger partial charge in [0.1, 0.15) is 11.6 Å². The normalized spacial score (nSPS) is 11.9. The van der Waals surface area contributed by atoms with Crippen LogP contribution >= 0.6 is 0 Å². The lowest BCUT2D eigenvalue weighted by molar-refractivity contribution is 0.0679. The first-order valence-electron chi connectivity index (χ1n) is 13.0. The SMILES string of the molecule is Cc1ccc(-n2c(C(C)N(CCc3ccccc3)C(=O)c3ccccc3F)nc3ccccc3c2=O)c(C)c1. The fourth-order valence-electron chi connectivity index (χ4n) is 5.01. The van der Waals surface area contributed by atoms with Gasteiger partial charge in [0.15, 0.2) is 0 Å². The summed E-state index contributed by atoms with van der Waals surface area (Å²) in [4.78, 5) is 34.4. The largest absolute Gasteiger partial charge is 0.328 e. The predicted octanol–water partition coefficient (Wildman–Crippen LogP) is 6.59. The van der Waals surface area contributed by atoms with Crippen molar-refractivity contribution in [2.45, 2.75) is 33.2 Å². The minimum Gasteiger partial charge on any atom is -0.328 e. The van der Waals surface area contributed by atoms with Gasteiger partial charge < -0.3 is 4.90 Å². The molecule has 5 aromatic rings. The maximum absolute atomic E-state index is 14.8. The quantitative estimate of drug-likeness (QED) is 0.244. The van der Waals surface area contributed by atoms with E-state index < -0.39 is 17.8 Å². The van der Waals surface area contributed by atoms with Crippen molar-refractivity contribution in [3.63, 3.8) is 0 Å². The maximum Gasteiger partial charge on any atom is 0.266 e. The van der Waals surface area contributed by atoms with E-state index in [1.807, 2.05) is 81.4 Å². The lowest BCUT2D eigenvalue weighted by Gasteiger charge is -2.31. The zero-order valence-corrected chi connectivity index (χ0v) is 22.3. The summed E-state index contributed by atoms with van der Waals surface area (Å²) in [6.45, 7) is 6.12. The van der Waals surface area contributed by atoms with Crippen molar-refractivity contribution in [3.05, 3.63) is 141 Å². The second-order valence-electron chi connectivity index (χ2n) is 9.81. The number of rotatable bonds is 7. The van der Waals surface area contributed by atoms with Crippen LogP contribution in [-0.2, 0) is 6.42 Å². The number of nitrogens with zero attached hydrogens (tertiary/aromatic N) is 3. The highest BCUT2D eigenvalue weighted by molar-refractivity contribution is 5.94. The van der Waals surface area contributed by atoms with Gasteiger partial charge >= 0.3 is 0 Å². The number of amides is 1.